The van der Waals surface area contributed by atoms with Gasteiger partial charge in [0.05, 0.1) is 31.5 Å². The third-order valence-corrected chi connectivity index (χ3v) is 2.74. The number of benzene rings is 2. The van der Waals surface area contributed by atoms with Crippen LogP contribution in [-0.2, 0) is 0 Å². The first-order valence-corrected chi connectivity index (χ1v) is 5.88. The minimum atomic E-state index is 0.381. The monoisotopic (exact) mass is 270 g/mol. The van der Waals surface area contributed by atoms with Gasteiger partial charge in [-0.05, 0) is 24.3 Å². The van der Waals surface area contributed by atoms with Gasteiger partial charge in [0.2, 0.25) is 5.75 Å². The average Bonchev–Trinajstić information content (AvgIpc) is 2.49. The summed E-state index contributed by atoms with van der Waals surface area (Å²) in [6.07, 6.45) is 0. The standard InChI is InChI=1S/C15H14N2O3/c1-18-12-4-3-5-13(19-2)15(12)20-14-8-10(9-16)6-7-11(14)17/h3-8H,17H2,1-2H3. The van der Waals surface area contributed by atoms with Crippen molar-refractivity contribution in [2.45, 2.75) is 0 Å². The second-order valence-electron chi connectivity index (χ2n) is 3.96. The fourth-order valence-electron chi connectivity index (χ4n) is 1.72. The summed E-state index contributed by atoms with van der Waals surface area (Å²) in [4.78, 5) is 0. The summed E-state index contributed by atoms with van der Waals surface area (Å²) >= 11 is 0. The molecule has 5 heteroatoms. The van der Waals surface area contributed by atoms with Crippen LogP contribution in [0.4, 0.5) is 5.69 Å². The minimum Gasteiger partial charge on any atom is -0.493 e. The number of hydrogen-bond acceptors (Lipinski definition) is 5. The number of nitriles is 1. The van der Waals surface area contributed by atoms with Crippen molar-refractivity contribution in [1.29, 1.82) is 5.26 Å². The Morgan fingerprint density at radius 2 is 1.65 bits per heavy atom. The SMILES string of the molecule is COc1cccc(OC)c1Oc1cc(C#N)ccc1N. The van der Waals surface area contributed by atoms with Gasteiger partial charge >= 0.3 is 0 Å². The van der Waals surface area contributed by atoms with Crippen molar-refractivity contribution in [2.75, 3.05) is 20.0 Å². The molecule has 2 rings (SSSR count). The first kappa shape index (κ1) is 13.6. The first-order valence-electron chi connectivity index (χ1n) is 5.88. The highest BCUT2D eigenvalue weighted by Crippen LogP contribution is 2.41. The Labute approximate surface area is 117 Å². The molecule has 0 aromatic heterocycles. The Morgan fingerprint density at radius 1 is 1.00 bits per heavy atom. The summed E-state index contributed by atoms with van der Waals surface area (Å²) in [5, 5.41) is 8.92. The Hall–Kier alpha value is -2.87. The molecule has 0 unspecified atom stereocenters. The lowest BCUT2D eigenvalue weighted by Crippen LogP contribution is -1.97. The van der Waals surface area contributed by atoms with Crippen LogP contribution in [-0.4, -0.2) is 14.2 Å². The minimum absolute atomic E-state index is 0.381. The van der Waals surface area contributed by atoms with E-state index in [1.165, 1.54) is 14.2 Å². The van der Waals surface area contributed by atoms with E-state index in [4.69, 9.17) is 25.2 Å². The number of anilines is 1. The van der Waals surface area contributed by atoms with E-state index in [1.54, 1.807) is 36.4 Å². The Morgan fingerprint density at radius 3 is 2.20 bits per heavy atom. The molecule has 0 saturated heterocycles. The summed E-state index contributed by atoms with van der Waals surface area (Å²) in [6.45, 7) is 0. The molecule has 5 nitrogen and oxygen atoms in total. The average molecular weight is 270 g/mol. The van der Waals surface area contributed by atoms with Crippen LogP contribution >= 0.6 is 0 Å². The van der Waals surface area contributed by atoms with Gasteiger partial charge in [-0.15, -0.1) is 0 Å². The maximum atomic E-state index is 8.92. The molecule has 0 heterocycles. The van der Waals surface area contributed by atoms with Crippen molar-refractivity contribution < 1.29 is 14.2 Å². The van der Waals surface area contributed by atoms with Crippen molar-refractivity contribution >= 4 is 5.69 Å². The molecule has 0 aliphatic heterocycles. The molecular formula is C15H14N2O3. The molecule has 0 fully saturated rings. The van der Waals surface area contributed by atoms with Gasteiger partial charge in [0.25, 0.3) is 0 Å². The maximum absolute atomic E-state index is 8.92. The zero-order valence-corrected chi connectivity index (χ0v) is 11.2. The van der Waals surface area contributed by atoms with Crippen molar-refractivity contribution in [1.82, 2.24) is 0 Å². The van der Waals surface area contributed by atoms with Crippen LogP contribution in [0.25, 0.3) is 0 Å². The summed E-state index contributed by atoms with van der Waals surface area (Å²) in [6, 6.07) is 12.2. The van der Waals surface area contributed by atoms with Crippen LogP contribution in [0.2, 0.25) is 0 Å². The number of hydrogen-bond donors (Lipinski definition) is 1. The van der Waals surface area contributed by atoms with E-state index in [1.807, 2.05) is 6.07 Å². The molecule has 0 spiro atoms. The first-order chi connectivity index (χ1) is 9.69. The zero-order chi connectivity index (χ0) is 14.5. The molecule has 102 valence electrons. The quantitative estimate of drug-likeness (QED) is 0.864. The van der Waals surface area contributed by atoms with Crippen molar-refractivity contribution in [3.8, 4) is 29.1 Å². The fraction of sp³-hybridized carbons (Fsp3) is 0.133. The molecule has 0 amide bonds. The van der Waals surface area contributed by atoms with Crippen molar-refractivity contribution in [2.24, 2.45) is 0 Å². The van der Waals surface area contributed by atoms with Gasteiger partial charge in [-0.1, -0.05) is 6.07 Å². The van der Waals surface area contributed by atoms with Crippen LogP contribution in [0.1, 0.15) is 5.56 Å². The molecule has 0 radical (unpaired) electrons. The number of nitrogen functional groups attached to an aromatic ring is 1. The smallest absolute Gasteiger partial charge is 0.211 e. The van der Waals surface area contributed by atoms with Crippen LogP contribution in [0, 0.1) is 11.3 Å². The second-order valence-corrected chi connectivity index (χ2v) is 3.96. The van der Waals surface area contributed by atoms with Gasteiger partial charge in [-0.2, -0.15) is 5.26 Å². The van der Waals surface area contributed by atoms with Gasteiger partial charge < -0.3 is 19.9 Å². The summed E-state index contributed by atoms with van der Waals surface area (Å²) in [5.41, 5.74) is 6.75. The summed E-state index contributed by atoms with van der Waals surface area (Å²) in [7, 11) is 3.08. The normalized spacial score (nSPS) is 9.65. The third kappa shape index (κ3) is 2.59. The number of para-hydroxylation sites is 1. The van der Waals surface area contributed by atoms with Gasteiger partial charge in [0.15, 0.2) is 17.2 Å². The van der Waals surface area contributed by atoms with Crippen LogP contribution in [0.3, 0.4) is 0 Å². The lowest BCUT2D eigenvalue weighted by atomic mass is 10.2. The predicted molar refractivity (Wildman–Crippen MR) is 75.2 cm³/mol. The number of nitrogens with two attached hydrogens (primary N) is 1. The Balaban J connectivity index is 2.47. The molecule has 20 heavy (non-hydrogen) atoms. The highest BCUT2D eigenvalue weighted by molar-refractivity contribution is 5.60. The highest BCUT2D eigenvalue weighted by atomic mass is 16.5. The van der Waals surface area contributed by atoms with E-state index in [0.717, 1.165) is 0 Å². The Bertz CT molecular complexity index is 640. The molecule has 2 aromatic rings. The zero-order valence-electron chi connectivity index (χ0n) is 11.2. The molecule has 0 atom stereocenters. The lowest BCUT2D eigenvalue weighted by molar-refractivity contribution is 0.347. The van der Waals surface area contributed by atoms with Gasteiger partial charge in [-0.25, -0.2) is 0 Å². The maximum Gasteiger partial charge on any atom is 0.211 e. The van der Waals surface area contributed by atoms with E-state index in [0.29, 0.717) is 34.2 Å². The molecule has 2 aromatic carbocycles. The molecule has 0 bridgehead atoms. The van der Waals surface area contributed by atoms with Gasteiger partial charge in [0, 0.05) is 6.07 Å². The van der Waals surface area contributed by atoms with E-state index < -0.39 is 0 Å². The third-order valence-electron chi connectivity index (χ3n) is 2.74. The van der Waals surface area contributed by atoms with Gasteiger partial charge in [-0.3, -0.25) is 0 Å². The number of nitrogens with zero attached hydrogens (tertiary/aromatic N) is 1. The molecule has 2 N–H and O–H groups in total. The molecule has 0 aliphatic carbocycles. The summed E-state index contributed by atoms with van der Waals surface area (Å²) < 4.78 is 16.3. The Kier molecular flexibility index (Phi) is 3.96. The molecule has 0 saturated carbocycles. The molecular weight excluding hydrogens is 256 g/mol. The molecule has 0 aliphatic rings. The summed E-state index contributed by atoms with van der Waals surface area (Å²) in [5.74, 6) is 1.84. The van der Waals surface area contributed by atoms with E-state index >= 15 is 0 Å². The van der Waals surface area contributed by atoms with Gasteiger partial charge in [0.1, 0.15) is 0 Å². The lowest BCUT2D eigenvalue weighted by Gasteiger charge is -2.15. The predicted octanol–water partition coefficient (Wildman–Crippen LogP) is 2.95. The second kappa shape index (κ2) is 5.85. The number of ether oxygens (including phenoxy) is 3. The largest absolute Gasteiger partial charge is 0.493 e. The fourth-order valence-corrected chi connectivity index (χ4v) is 1.72. The van der Waals surface area contributed by atoms with Crippen molar-refractivity contribution in [3.05, 3.63) is 42.0 Å². The number of methoxy groups -OCH3 is 2. The van der Waals surface area contributed by atoms with E-state index in [9.17, 15) is 0 Å². The number of rotatable bonds is 4. The van der Waals surface area contributed by atoms with Crippen molar-refractivity contribution in [3.63, 3.8) is 0 Å². The van der Waals surface area contributed by atoms with E-state index in [-0.39, 0.29) is 0 Å². The van der Waals surface area contributed by atoms with Crippen LogP contribution < -0.4 is 19.9 Å². The van der Waals surface area contributed by atoms with Crippen LogP contribution in [0.15, 0.2) is 36.4 Å². The van der Waals surface area contributed by atoms with E-state index in [2.05, 4.69) is 0 Å². The topological polar surface area (TPSA) is 77.5 Å². The highest BCUT2D eigenvalue weighted by Gasteiger charge is 2.14. The van der Waals surface area contributed by atoms with Crippen LogP contribution in [0.5, 0.6) is 23.0 Å².